The number of nitrogens with zero attached hydrogens (tertiary/aromatic N) is 2. The van der Waals surface area contributed by atoms with Crippen LogP contribution in [0.1, 0.15) is 12.5 Å². The molecule has 0 fully saturated rings. The number of urea groups is 1. The number of rotatable bonds is 4. The molecule has 116 valence electrons. The number of benzene rings is 2. The molecule has 0 aliphatic carbocycles. The third-order valence-electron chi connectivity index (χ3n) is 3.52. The van der Waals surface area contributed by atoms with Crippen molar-refractivity contribution < 1.29 is 4.79 Å². The van der Waals surface area contributed by atoms with E-state index in [1.807, 2.05) is 43.3 Å². The molecule has 3 aromatic rings. The molecule has 0 spiro atoms. The van der Waals surface area contributed by atoms with E-state index in [2.05, 4.69) is 26.7 Å². The lowest BCUT2D eigenvalue weighted by atomic mass is 10.0. The van der Waals surface area contributed by atoms with Crippen molar-refractivity contribution in [3.63, 3.8) is 0 Å². The highest BCUT2D eigenvalue weighted by atomic mass is 16.2. The predicted molar refractivity (Wildman–Crippen MR) is 90.9 cm³/mol. The molecule has 0 aliphatic rings. The van der Waals surface area contributed by atoms with E-state index in [-0.39, 0.29) is 6.03 Å². The fraction of sp³-hybridized carbons (Fsp3) is 0.167. The molecule has 5 heteroatoms. The number of carbonyl (C=O) groups is 1. The monoisotopic (exact) mass is 306 g/mol. The molecule has 0 unspecified atom stereocenters. The van der Waals surface area contributed by atoms with E-state index < -0.39 is 0 Å². The van der Waals surface area contributed by atoms with Gasteiger partial charge < -0.3 is 10.6 Å². The molecule has 0 atom stereocenters. The summed E-state index contributed by atoms with van der Waals surface area (Å²) < 4.78 is 0. The van der Waals surface area contributed by atoms with Crippen LogP contribution in [0, 0.1) is 0 Å². The lowest BCUT2D eigenvalue weighted by molar-refractivity contribution is 0.241. The fourth-order valence-corrected chi connectivity index (χ4v) is 2.41. The van der Waals surface area contributed by atoms with Crippen LogP contribution >= 0.6 is 0 Å². The zero-order valence-corrected chi connectivity index (χ0v) is 12.9. The molecular weight excluding hydrogens is 288 g/mol. The minimum atomic E-state index is -0.154. The van der Waals surface area contributed by atoms with Crippen LogP contribution in [-0.2, 0) is 6.54 Å². The SMILES string of the molecule is CCNC(=O)NCc1cccc(-c2ccc3nccnc3c2)c1. The first-order chi connectivity index (χ1) is 11.3. The molecule has 5 nitrogen and oxygen atoms in total. The molecule has 2 aromatic carbocycles. The Morgan fingerprint density at radius 2 is 1.74 bits per heavy atom. The van der Waals surface area contributed by atoms with Crippen LogP contribution in [0.25, 0.3) is 22.2 Å². The standard InChI is InChI=1S/C18H18N4O/c1-2-19-18(23)22-12-13-4-3-5-14(10-13)15-6-7-16-17(11-15)21-9-8-20-16/h3-11H,2,12H2,1H3,(H2,19,22,23). The van der Waals surface area contributed by atoms with Gasteiger partial charge in [-0.1, -0.05) is 24.3 Å². The van der Waals surface area contributed by atoms with E-state index in [0.29, 0.717) is 13.1 Å². The van der Waals surface area contributed by atoms with Crippen LogP contribution in [0.3, 0.4) is 0 Å². The largest absolute Gasteiger partial charge is 0.338 e. The summed E-state index contributed by atoms with van der Waals surface area (Å²) in [7, 11) is 0. The number of carbonyl (C=O) groups excluding carboxylic acids is 1. The van der Waals surface area contributed by atoms with Crippen LogP contribution in [0.5, 0.6) is 0 Å². The van der Waals surface area contributed by atoms with Crippen LogP contribution in [0.15, 0.2) is 54.9 Å². The van der Waals surface area contributed by atoms with Crippen LogP contribution in [0.4, 0.5) is 4.79 Å². The van der Waals surface area contributed by atoms with Crippen molar-refractivity contribution in [2.24, 2.45) is 0 Å². The molecule has 1 heterocycles. The van der Waals surface area contributed by atoms with E-state index in [9.17, 15) is 4.79 Å². The number of nitrogens with one attached hydrogen (secondary N) is 2. The van der Waals surface area contributed by atoms with Gasteiger partial charge in [0.2, 0.25) is 0 Å². The molecule has 0 aliphatic heterocycles. The van der Waals surface area contributed by atoms with Crippen molar-refractivity contribution in [3.05, 3.63) is 60.4 Å². The molecule has 0 saturated heterocycles. The number of amides is 2. The zero-order valence-electron chi connectivity index (χ0n) is 12.9. The second kappa shape index (κ2) is 6.87. The van der Waals surface area contributed by atoms with E-state index in [4.69, 9.17) is 0 Å². The Labute approximate surface area is 134 Å². The van der Waals surface area contributed by atoms with Crippen LogP contribution in [0.2, 0.25) is 0 Å². The average Bonchev–Trinajstić information content (AvgIpc) is 2.60. The van der Waals surface area contributed by atoms with Gasteiger partial charge in [0, 0.05) is 25.5 Å². The molecule has 23 heavy (non-hydrogen) atoms. The summed E-state index contributed by atoms with van der Waals surface area (Å²) in [6.07, 6.45) is 3.38. The quantitative estimate of drug-likeness (QED) is 0.778. The first kappa shape index (κ1) is 15.0. The second-order valence-electron chi connectivity index (χ2n) is 5.17. The van der Waals surface area contributed by atoms with Gasteiger partial charge in [0.15, 0.2) is 0 Å². The predicted octanol–water partition coefficient (Wildman–Crippen LogP) is 3.12. The second-order valence-corrected chi connectivity index (χ2v) is 5.17. The summed E-state index contributed by atoms with van der Waals surface area (Å²) in [6.45, 7) is 3.00. The molecule has 1 aromatic heterocycles. The maximum absolute atomic E-state index is 11.5. The molecular formula is C18H18N4O. The highest BCUT2D eigenvalue weighted by Crippen LogP contribution is 2.23. The molecule has 2 N–H and O–H groups in total. The summed E-state index contributed by atoms with van der Waals surface area (Å²) >= 11 is 0. The Hall–Kier alpha value is -2.95. The van der Waals surface area contributed by atoms with Gasteiger partial charge >= 0.3 is 6.03 Å². The summed E-state index contributed by atoms with van der Waals surface area (Å²) in [6, 6.07) is 14.0. The summed E-state index contributed by atoms with van der Waals surface area (Å²) in [5.41, 5.74) is 4.97. The Kier molecular flexibility index (Phi) is 4.47. The zero-order chi connectivity index (χ0) is 16.1. The summed E-state index contributed by atoms with van der Waals surface area (Å²) in [5.74, 6) is 0. The third kappa shape index (κ3) is 3.63. The Morgan fingerprint density at radius 1 is 0.957 bits per heavy atom. The summed E-state index contributed by atoms with van der Waals surface area (Å²) in [5, 5.41) is 5.55. The fourth-order valence-electron chi connectivity index (χ4n) is 2.41. The van der Waals surface area contributed by atoms with E-state index in [0.717, 1.165) is 27.7 Å². The molecule has 3 rings (SSSR count). The minimum Gasteiger partial charge on any atom is -0.338 e. The number of fused-ring (bicyclic) bond motifs is 1. The van der Waals surface area contributed by atoms with Gasteiger partial charge in [-0.2, -0.15) is 0 Å². The molecule has 0 radical (unpaired) electrons. The lowest BCUT2D eigenvalue weighted by Gasteiger charge is -2.08. The molecule has 0 bridgehead atoms. The first-order valence-electron chi connectivity index (χ1n) is 7.58. The van der Waals surface area contributed by atoms with Crippen molar-refractivity contribution in [3.8, 4) is 11.1 Å². The van der Waals surface area contributed by atoms with E-state index in [1.165, 1.54) is 0 Å². The highest BCUT2D eigenvalue weighted by Gasteiger charge is 2.03. The van der Waals surface area contributed by atoms with Crippen molar-refractivity contribution >= 4 is 17.1 Å². The number of aromatic nitrogens is 2. The van der Waals surface area contributed by atoms with Crippen molar-refractivity contribution in [2.45, 2.75) is 13.5 Å². The van der Waals surface area contributed by atoms with Gasteiger partial charge in [0.05, 0.1) is 11.0 Å². The Bertz CT molecular complexity index is 832. The van der Waals surface area contributed by atoms with Crippen LogP contribution < -0.4 is 10.6 Å². The maximum atomic E-state index is 11.5. The topological polar surface area (TPSA) is 66.9 Å². The van der Waals surface area contributed by atoms with Gasteiger partial charge in [-0.25, -0.2) is 4.79 Å². The Morgan fingerprint density at radius 3 is 2.57 bits per heavy atom. The summed E-state index contributed by atoms with van der Waals surface area (Å²) in [4.78, 5) is 20.1. The highest BCUT2D eigenvalue weighted by molar-refractivity contribution is 5.81. The third-order valence-corrected chi connectivity index (χ3v) is 3.52. The lowest BCUT2D eigenvalue weighted by Crippen LogP contribution is -2.34. The van der Waals surface area contributed by atoms with Gasteiger partial charge in [0.1, 0.15) is 0 Å². The van der Waals surface area contributed by atoms with Crippen molar-refractivity contribution in [1.29, 1.82) is 0 Å². The van der Waals surface area contributed by atoms with Crippen LogP contribution in [-0.4, -0.2) is 22.5 Å². The normalized spacial score (nSPS) is 10.5. The van der Waals surface area contributed by atoms with E-state index in [1.54, 1.807) is 12.4 Å². The smallest absolute Gasteiger partial charge is 0.315 e. The average molecular weight is 306 g/mol. The van der Waals surface area contributed by atoms with E-state index >= 15 is 0 Å². The molecule has 0 saturated carbocycles. The minimum absolute atomic E-state index is 0.154. The van der Waals surface area contributed by atoms with Crippen molar-refractivity contribution in [1.82, 2.24) is 20.6 Å². The molecule has 2 amide bonds. The van der Waals surface area contributed by atoms with Gasteiger partial charge in [0.25, 0.3) is 0 Å². The van der Waals surface area contributed by atoms with Gasteiger partial charge in [-0.3, -0.25) is 9.97 Å². The number of hydrogen-bond donors (Lipinski definition) is 2. The first-order valence-corrected chi connectivity index (χ1v) is 7.58. The van der Waals surface area contributed by atoms with Gasteiger partial charge in [-0.05, 0) is 41.8 Å². The van der Waals surface area contributed by atoms with Gasteiger partial charge in [-0.15, -0.1) is 0 Å². The number of hydrogen-bond acceptors (Lipinski definition) is 3. The Balaban J connectivity index is 1.81. The van der Waals surface area contributed by atoms with Crippen molar-refractivity contribution in [2.75, 3.05) is 6.54 Å². The maximum Gasteiger partial charge on any atom is 0.315 e.